The molecule has 0 N–H and O–H groups in total. The fourth-order valence-electron chi connectivity index (χ4n) is 1.35. The second kappa shape index (κ2) is 3.51. The van der Waals surface area contributed by atoms with Crippen molar-refractivity contribution < 1.29 is 26.0 Å². The Morgan fingerprint density at radius 2 is 1.75 bits per heavy atom. The molecule has 0 aliphatic carbocycles. The molecular weight excluding hydrogens is 245 g/mol. The molecule has 0 amide bonds. The van der Waals surface area contributed by atoms with Crippen molar-refractivity contribution in [2.24, 2.45) is 0 Å². The normalized spacial score (nSPS) is 12.5. The third-order valence-corrected chi connectivity index (χ3v) is 3.55. The van der Waals surface area contributed by atoms with Crippen molar-refractivity contribution in [3.63, 3.8) is 0 Å². The van der Waals surface area contributed by atoms with Crippen LogP contribution in [0, 0.1) is 5.82 Å². The molecule has 2 aromatic rings. The fourth-order valence-corrected chi connectivity index (χ4v) is 2.26. The Morgan fingerprint density at radius 3 is 2.38 bits per heavy atom. The van der Waals surface area contributed by atoms with Crippen LogP contribution in [0.2, 0.25) is 0 Å². The Kier molecular flexibility index (Phi) is 2.42. The number of hydrogen-bond acceptors (Lipinski definition) is 3. The van der Waals surface area contributed by atoms with Gasteiger partial charge >= 0.3 is 5.76 Å². The summed E-state index contributed by atoms with van der Waals surface area (Å²) >= 11 is 0. The van der Waals surface area contributed by atoms with Crippen LogP contribution in [0.1, 0.15) is 0 Å². The Bertz CT molecular complexity index is 630. The highest BCUT2D eigenvalue weighted by atomic mass is 32.2. The zero-order valence-corrected chi connectivity index (χ0v) is 8.47. The van der Waals surface area contributed by atoms with Gasteiger partial charge in [-0.25, -0.2) is 12.8 Å². The predicted octanol–water partition coefficient (Wildman–Crippen LogP) is 2.57. The molecule has 1 heterocycles. The van der Waals surface area contributed by atoms with Crippen LogP contribution >= 0.6 is 0 Å². The van der Waals surface area contributed by atoms with Crippen molar-refractivity contribution in [1.82, 2.24) is 0 Å². The smallest absolute Gasteiger partial charge is 0.341 e. The van der Waals surface area contributed by atoms with E-state index < -0.39 is 26.3 Å². The quantitative estimate of drug-likeness (QED) is 0.769. The van der Waals surface area contributed by atoms with Gasteiger partial charge in [0, 0.05) is 5.39 Å². The zero-order valence-electron chi connectivity index (χ0n) is 7.65. The monoisotopic (exact) mass is 250 g/mol. The molecule has 0 saturated carbocycles. The maximum atomic E-state index is 13.1. The van der Waals surface area contributed by atoms with Crippen LogP contribution in [0.5, 0.6) is 0 Å². The van der Waals surface area contributed by atoms with Gasteiger partial charge in [0.25, 0.3) is 0 Å². The van der Waals surface area contributed by atoms with E-state index in [1.54, 1.807) is 0 Å². The van der Waals surface area contributed by atoms with Gasteiger partial charge in [0.15, 0.2) is 0 Å². The van der Waals surface area contributed by atoms with Gasteiger partial charge in [-0.05, 0) is 12.1 Å². The van der Waals surface area contributed by atoms with Crippen LogP contribution in [-0.2, 0) is 9.84 Å². The van der Waals surface area contributed by atoms with E-state index in [1.165, 1.54) is 0 Å². The topological polar surface area (TPSA) is 47.3 Å². The van der Waals surface area contributed by atoms with Crippen LogP contribution in [0.3, 0.4) is 0 Å². The summed E-state index contributed by atoms with van der Waals surface area (Å²) in [5.41, 5.74) is 0. The molecule has 0 atom stereocenters. The minimum Gasteiger partial charge on any atom is -0.471 e. The first-order valence-electron chi connectivity index (χ1n) is 4.11. The Morgan fingerprint density at radius 1 is 1.12 bits per heavy atom. The second-order valence-corrected chi connectivity index (χ2v) is 4.94. The molecule has 16 heavy (non-hydrogen) atoms. The van der Waals surface area contributed by atoms with E-state index in [4.69, 9.17) is 0 Å². The van der Waals surface area contributed by atoms with E-state index in [1.807, 2.05) is 0 Å². The molecule has 0 saturated heterocycles. The SMILES string of the molecule is O=S(=O)(c1ccc(F)c2cocc12)C(F)F. The average molecular weight is 250 g/mol. The van der Waals surface area contributed by atoms with Crippen LogP contribution in [-0.4, -0.2) is 14.2 Å². The molecule has 0 aliphatic heterocycles. The molecule has 0 unspecified atom stereocenters. The van der Waals surface area contributed by atoms with Crippen molar-refractivity contribution in [3.05, 3.63) is 30.5 Å². The summed E-state index contributed by atoms with van der Waals surface area (Å²) in [6.07, 6.45) is 1.89. The Hall–Kier alpha value is -1.50. The maximum Gasteiger partial charge on any atom is 0.341 e. The van der Waals surface area contributed by atoms with Gasteiger partial charge in [-0.2, -0.15) is 8.78 Å². The lowest BCUT2D eigenvalue weighted by molar-refractivity contribution is 0.235. The van der Waals surface area contributed by atoms with Crippen molar-refractivity contribution >= 4 is 20.6 Å². The van der Waals surface area contributed by atoms with Gasteiger partial charge in [0.05, 0.1) is 16.5 Å². The lowest BCUT2D eigenvalue weighted by Gasteiger charge is -2.04. The summed E-state index contributed by atoms with van der Waals surface area (Å²) in [6.45, 7) is 0. The predicted molar refractivity (Wildman–Crippen MR) is 49.4 cm³/mol. The number of sulfone groups is 1. The van der Waals surface area contributed by atoms with Gasteiger partial charge < -0.3 is 4.42 Å². The number of benzene rings is 1. The third kappa shape index (κ3) is 1.47. The van der Waals surface area contributed by atoms with Gasteiger partial charge in [-0.3, -0.25) is 0 Å². The van der Waals surface area contributed by atoms with E-state index in [-0.39, 0.29) is 10.8 Å². The van der Waals surface area contributed by atoms with Gasteiger partial charge in [0.2, 0.25) is 9.84 Å². The van der Waals surface area contributed by atoms with Crippen molar-refractivity contribution in [2.45, 2.75) is 10.7 Å². The van der Waals surface area contributed by atoms with Crippen molar-refractivity contribution in [1.29, 1.82) is 0 Å². The molecule has 0 spiro atoms. The molecule has 86 valence electrons. The van der Waals surface area contributed by atoms with Crippen molar-refractivity contribution in [2.75, 3.05) is 0 Å². The third-order valence-electron chi connectivity index (χ3n) is 2.11. The highest BCUT2D eigenvalue weighted by Crippen LogP contribution is 2.29. The van der Waals surface area contributed by atoms with Gasteiger partial charge in [-0.1, -0.05) is 0 Å². The first kappa shape index (κ1) is 11.0. The molecule has 0 aliphatic rings. The first-order chi connectivity index (χ1) is 7.44. The lowest BCUT2D eigenvalue weighted by Crippen LogP contribution is -2.11. The van der Waals surface area contributed by atoms with Crippen LogP contribution in [0.15, 0.2) is 34.0 Å². The summed E-state index contributed by atoms with van der Waals surface area (Å²) in [6, 6.07) is 1.61. The molecule has 1 aromatic heterocycles. The maximum absolute atomic E-state index is 13.1. The Labute approximate surface area is 88.4 Å². The summed E-state index contributed by atoms with van der Waals surface area (Å²) in [7, 11) is -4.75. The largest absolute Gasteiger partial charge is 0.471 e. The standard InChI is InChI=1S/C9H5F3O3S/c10-7-1-2-8(16(13,14)9(11)12)6-4-15-3-5(6)7/h1-4,9H. The van der Waals surface area contributed by atoms with E-state index in [0.29, 0.717) is 0 Å². The van der Waals surface area contributed by atoms with Gasteiger partial charge in [0.1, 0.15) is 12.1 Å². The molecular formula is C9H5F3O3S. The van der Waals surface area contributed by atoms with E-state index in [2.05, 4.69) is 4.42 Å². The van der Waals surface area contributed by atoms with E-state index >= 15 is 0 Å². The number of rotatable bonds is 2. The molecule has 1 aromatic carbocycles. The first-order valence-corrected chi connectivity index (χ1v) is 5.65. The number of furan rings is 1. The average Bonchev–Trinajstić information content (AvgIpc) is 2.66. The van der Waals surface area contributed by atoms with E-state index in [0.717, 1.165) is 24.7 Å². The summed E-state index contributed by atoms with van der Waals surface area (Å²) < 4.78 is 64.9. The fraction of sp³-hybridized carbons (Fsp3) is 0.111. The van der Waals surface area contributed by atoms with Gasteiger partial charge in [-0.15, -0.1) is 0 Å². The summed E-state index contributed by atoms with van der Waals surface area (Å²) in [4.78, 5) is -0.632. The number of alkyl halides is 2. The van der Waals surface area contributed by atoms with Crippen LogP contribution in [0.25, 0.3) is 10.8 Å². The molecule has 2 rings (SSSR count). The molecule has 0 radical (unpaired) electrons. The highest BCUT2D eigenvalue weighted by molar-refractivity contribution is 7.92. The zero-order chi connectivity index (χ0) is 11.9. The van der Waals surface area contributed by atoms with Crippen molar-refractivity contribution in [3.8, 4) is 0 Å². The second-order valence-electron chi connectivity index (χ2n) is 3.05. The molecule has 3 nitrogen and oxygen atoms in total. The number of halogens is 3. The number of fused-ring (bicyclic) bond motifs is 1. The van der Waals surface area contributed by atoms with Crippen LogP contribution < -0.4 is 0 Å². The highest BCUT2D eigenvalue weighted by Gasteiger charge is 2.29. The molecule has 0 fully saturated rings. The minimum atomic E-state index is -4.75. The van der Waals surface area contributed by atoms with E-state index in [9.17, 15) is 21.6 Å². The molecule has 0 bridgehead atoms. The number of hydrogen-bond donors (Lipinski definition) is 0. The Balaban J connectivity index is 2.81. The molecule has 7 heteroatoms. The summed E-state index contributed by atoms with van der Waals surface area (Å²) in [5, 5.41) is -0.318. The minimum absolute atomic E-state index is 0.137. The lowest BCUT2D eigenvalue weighted by atomic mass is 10.2. The summed E-state index contributed by atoms with van der Waals surface area (Å²) in [5.74, 6) is -4.27. The van der Waals surface area contributed by atoms with Crippen LogP contribution in [0.4, 0.5) is 13.2 Å².